The third-order valence-corrected chi connectivity index (χ3v) is 5.64. The van der Waals surface area contributed by atoms with E-state index in [9.17, 15) is 19.4 Å². The number of carboxylic acid groups (broad SMARTS) is 1. The second-order valence-corrected chi connectivity index (χ2v) is 7.36. The predicted octanol–water partition coefficient (Wildman–Crippen LogP) is 2.86. The highest BCUT2D eigenvalue weighted by atomic mass is 19.1. The molecule has 1 aromatic carbocycles. The Morgan fingerprint density at radius 1 is 1.33 bits per heavy atom. The first-order valence-electron chi connectivity index (χ1n) is 9.61. The van der Waals surface area contributed by atoms with Crippen molar-refractivity contribution in [2.75, 3.05) is 18.1 Å². The van der Waals surface area contributed by atoms with Gasteiger partial charge in [0.2, 0.25) is 0 Å². The molecule has 30 heavy (non-hydrogen) atoms. The number of hydrogen-bond acceptors (Lipinski definition) is 6. The number of aliphatic hydroxyl groups excluding tert-OH is 1. The van der Waals surface area contributed by atoms with Crippen LogP contribution in [0.3, 0.4) is 0 Å². The minimum absolute atomic E-state index is 0.160. The fourth-order valence-electron chi connectivity index (χ4n) is 4.15. The second-order valence-electron chi connectivity index (χ2n) is 7.36. The molecule has 2 aliphatic heterocycles. The van der Waals surface area contributed by atoms with E-state index in [1.165, 1.54) is 16.8 Å². The number of rotatable bonds is 2. The van der Waals surface area contributed by atoms with Gasteiger partial charge in [-0.3, -0.25) is 9.30 Å². The van der Waals surface area contributed by atoms with Crippen LogP contribution in [0.4, 0.5) is 15.0 Å². The van der Waals surface area contributed by atoms with Gasteiger partial charge in [-0.1, -0.05) is 6.92 Å². The molecule has 3 aromatic rings. The van der Waals surface area contributed by atoms with Crippen molar-refractivity contribution in [3.05, 3.63) is 47.0 Å². The molecule has 0 aliphatic carbocycles. The molecule has 0 spiro atoms. The van der Waals surface area contributed by atoms with E-state index >= 15 is 0 Å². The Hall–Kier alpha value is -3.40. The van der Waals surface area contributed by atoms with Crippen LogP contribution in [0, 0.1) is 5.82 Å². The topological polar surface area (TPSA) is 109 Å². The summed E-state index contributed by atoms with van der Waals surface area (Å²) in [6.45, 7) is 2.07. The van der Waals surface area contributed by atoms with Crippen molar-refractivity contribution in [2.24, 2.45) is 0 Å². The van der Waals surface area contributed by atoms with Crippen LogP contribution in [0.1, 0.15) is 42.1 Å². The Labute approximate surface area is 170 Å². The number of amides is 1. The lowest BCUT2D eigenvalue weighted by atomic mass is 9.95. The lowest BCUT2D eigenvalue weighted by molar-refractivity contribution is 0.173. The zero-order valence-corrected chi connectivity index (χ0v) is 16.1. The fourth-order valence-corrected chi connectivity index (χ4v) is 4.15. The Morgan fingerprint density at radius 2 is 2.10 bits per heavy atom. The molecule has 2 atom stereocenters. The summed E-state index contributed by atoms with van der Waals surface area (Å²) in [5, 5.41) is 28.4. The number of fused-ring (bicyclic) bond motifs is 3. The largest absolute Gasteiger partial charge is 0.493 e. The van der Waals surface area contributed by atoms with E-state index in [1.54, 1.807) is 12.1 Å². The number of carbonyl (C=O) groups is 1. The molecule has 4 heterocycles. The summed E-state index contributed by atoms with van der Waals surface area (Å²) in [6.07, 6.45) is -0.321. The average Bonchev–Trinajstić information content (AvgIpc) is 3.38. The number of anilines is 1. The molecular weight excluding hydrogens is 395 g/mol. The van der Waals surface area contributed by atoms with Crippen LogP contribution < -0.4 is 14.4 Å². The summed E-state index contributed by atoms with van der Waals surface area (Å²) in [7, 11) is 0. The normalized spacial score (nSPS) is 18.5. The van der Waals surface area contributed by atoms with Crippen LogP contribution >= 0.6 is 0 Å². The highest BCUT2D eigenvalue weighted by Crippen LogP contribution is 2.43. The molecule has 1 amide bonds. The summed E-state index contributed by atoms with van der Waals surface area (Å²) in [5.74, 6) is 0.189. The fraction of sp³-hybridized carbons (Fsp3) is 0.350. The van der Waals surface area contributed by atoms with Crippen molar-refractivity contribution in [1.29, 1.82) is 0 Å². The zero-order valence-electron chi connectivity index (χ0n) is 16.1. The molecule has 0 saturated heterocycles. The minimum atomic E-state index is -1.28. The molecule has 0 fully saturated rings. The molecule has 2 aromatic heterocycles. The summed E-state index contributed by atoms with van der Waals surface area (Å²) in [4.78, 5) is 13.3. The molecule has 156 valence electrons. The van der Waals surface area contributed by atoms with Crippen molar-refractivity contribution < 1.29 is 28.9 Å². The van der Waals surface area contributed by atoms with E-state index < -0.39 is 18.0 Å². The molecule has 0 radical (unpaired) electrons. The predicted molar refractivity (Wildman–Crippen MR) is 103 cm³/mol. The van der Waals surface area contributed by atoms with Crippen LogP contribution in [-0.4, -0.2) is 44.1 Å². The van der Waals surface area contributed by atoms with Crippen molar-refractivity contribution in [2.45, 2.75) is 31.9 Å². The maximum absolute atomic E-state index is 14.8. The maximum atomic E-state index is 14.8. The van der Waals surface area contributed by atoms with Gasteiger partial charge >= 0.3 is 6.09 Å². The van der Waals surface area contributed by atoms with E-state index in [4.69, 9.17) is 9.47 Å². The van der Waals surface area contributed by atoms with Gasteiger partial charge in [0.15, 0.2) is 17.2 Å². The Kier molecular flexibility index (Phi) is 4.24. The van der Waals surface area contributed by atoms with Gasteiger partial charge in [0, 0.05) is 16.7 Å². The van der Waals surface area contributed by atoms with E-state index in [-0.39, 0.29) is 36.2 Å². The van der Waals surface area contributed by atoms with Gasteiger partial charge in [-0.15, -0.1) is 10.2 Å². The van der Waals surface area contributed by atoms with E-state index in [0.717, 1.165) is 4.90 Å². The van der Waals surface area contributed by atoms with Crippen molar-refractivity contribution in [3.8, 4) is 11.5 Å². The molecule has 1 unspecified atom stereocenters. The lowest BCUT2D eigenvalue weighted by Crippen LogP contribution is -2.31. The monoisotopic (exact) mass is 414 g/mol. The maximum Gasteiger partial charge on any atom is 0.413 e. The second kappa shape index (κ2) is 6.84. The molecule has 2 aliphatic rings. The Balaban J connectivity index is 1.77. The molecule has 2 N–H and O–H groups in total. The SMILES string of the molecule is CCC(O)c1cc2c(n3cnnc13)N(C(=O)O)Cc1c(F)ccc3c1[C@@H](CO3)CO2. The highest BCUT2D eigenvalue weighted by Gasteiger charge is 2.35. The quantitative estimate of drug-likeness (QED) is 0.664. The Morgan fingerprint density at radius 3 is 2.83 bits per heavy atom. The number of ether oxygens (including phenoxy) is 2. The van der Waals surface area contributed by atoms with E-state index in [1.807, 2.05) is 6.92 Å². The van der Waals surface area contributed by atoms with Gasteiger partial charge in [-0.05, 0) is 24.6 Å². The van der Waals surface area contributed by atoms with Gasteiger partial charge in [-0.25, -0.2) is 9.18 Å². The molecule has 9 nitrogen and oxygen atoms in total. The molecule has 5 rings (SSSR count). The standard InChI is InChI=1S/C20H19FN4O5/c1-2-14(26)11-5-16-19(25-9-22-23-18(11)25)24(20(27)28)6-12-13(21)3-4-15-17(12)10(7-29-15)8-30-16/h3-5,9-10,14,26H,2,6-8H2,1H3,(H,27,28)/t10-,14?/m0/s1. The summed E-state index contributed by atoms with van der Waals surface area (Å²) in [6, 6.07) is 4.43. The number of pyridine rings is 1. The summed E-state index contributed by atoms with van der Waals surface area (Å²) < 4.78 is 28.0. The van der Waals surface area contributed by atoms with Crippen LogP contribution in [0.25, 0.3) is 5.65 Å². The van der Waals surface area contributed by atoms with Gasteiger partial charge < -0.3 is 19.7 Å². The average molecular weight is 414 g/mol. The van der Waals surface area contributed by atoms with Crippen LogP contribution in [-0.2, 0) is 6.54 Å². The molecule has 0 saturated carbocycles. The third kappa shape index (κ3) is 2.67. The number of aliphatic hydroxyl groups is 1. The molecule has 10 heteroatoms. The first-order chi connectivity index (χ1) is 14.5. The minimum Gasteiger partial charge on any atom is -0.493 e. The summed E-state index contributed by atoms with van der Waals surface area (Å²) in [5.41, 5.74) is 1.68. The number of benzene rings is 1. The highest BCUT2D eigenvalue weighted by molar-refractivity contribution is 5.88. The third-order valence-electron chi connectivity index (χ3n) is 5.64. The first kappa shape index (κ1) is 18.6. The first-order valence-corrected chi connectivity index (χ1v) is 9.61. The number of halogens is 1. The Bertz CT molecular complexity index is 1160. The van der Waals surface area contributed by atoms with E-state index in [0.29, 0.717) is 35.6 Å². The van der Waals surface area contributed by atoms with E-state index in [2.05, 4.69) is 10.2 Å². The number of aromatic nitrogens is 3. The van der Waals surface area contributed by atoms with Gasteiger partial charge in [0.1, 0.15) is 17.9 Å². The van der Waals surface area contributed by atoms with Crippen molar-refractivity contribution in [3.63, 3.8) is 0 Å². The van der Waals surface area contributed by atoms with Crippen molar-refractivity contribution in [1.82, 2.24) is 14.6 Å². The zero-order chi connectivity index (χ0) is 21.0. The van der Waals surface area contributed by atoms with Crippen molar-refractivity contribution >= 4 is 17.6 Å². The number of nitrogens with zero attached hydrogens (tertiary/aromatic N) is 4. The van der Waals surface area contributed by atoms with Gasteiger partial charge in [0.25, 0.3) is 0 Å². The van der Waals surface area contributed by atoms with Crippen LogP contribution in [0.2, 0.25) is 0 Å². The number of hydrogen-bond donors (Lipinski definition) is 2. The smallest absolute Gasteiger partial charge is 0.413 e. The van der Waals surface area contributed by atoms with Crippen LogP contribution in [0.5, 0.6) is 11.5 Å². The summed E-state index contributed by atoms with van der Waals surface area (Å²) >= 11 is 0. The molecule has 0 bridgehead atoms. The molecular formula is C20H19FN4O5. The van der Waals surface area contributed by atoms with Crippen LogP contribution in [0.15, 0.2) is 24.5 Å². The lowest BCUT2D eigenvalue weighted by Gasteiger charge is -2.24. The van der Waals surface area contributed by atoms with Gasteiger partial charge in [0.05, 0.1) is 31.8 Å². The van der Waals surface area contributed by atoms with Gasteiger partial charge in [-0.2, -0.15) is 0 Å².